The molecule has 1 fully saturated rings. The molecule has 5 rings (SSSR count). The van der Waals surface area contributed by atoms with Gasteiger partial charge in [-0.1, -0.05) is 49.4 Å². The van der Waals surface area contributed by atoms with E-state index in [-0.39, 0.29) is 44.1 Å². The zero-order chi connectivity index (χ0) is 33.3. The molecule has 2 aliphatic heterocycles. The molecule has 1 unspecified atom stereocenters. The van der Waals surface area contributed by atoms with Crippen LogP contribution in [0, 0.1) is 0 Å². The van der Waals surface area contributed by atoms with Crippen LogP contribution in [0.25, 0.3) is 0 Å². The van der Waals surface area contributed by atoms with Gasteiger partial charge in [-0.2, -0.15) is 26.3 Å². The van der Waals surface area contributed by atoms with E-state index in [1.54, 1.807) is 55.5 Å². The number of carbonyl (C=O) groups excluding carboxylic acids is 2. The van der Waals surface area contributed by atoms with Crippen molar-refractivity contribution in [1.29, 1.82) is 0 Å². The molecule has 2 heterocycles. The van der Waals surface area contributed by atoms with Crippen LogP contribution in [0.5, 0.6) is 17.2 Å². The number of benzene rings is 3. The predicted octanol–water partition coefficient (Wildman–Crippen LogP) is 6.33. The predicted molar refractivity (Wildman–Crippen MR) is 151 cm³/mol. The molecule has 3 aromatic carbocycles. The summed E-state index contributed by atoms with van der Waals surface area (Å²) in [5.41, 5.74) is -6.63. The lowest BCUT2D eigenvalue weighted by Crippen LogP contribution is -2.53. The summed E-state index contributed by atoms with van der Waals surface area (Å²) in [6.45, 7) is 1.84. The lowest BCUT2D eigenvalue weighted by atomic mass is 9.87. The van der Waals surface area contributed by atoms with Gasteiger partial charge in [0.1, 0.15) is 11.3 Å². The molecule has 2 N–H and O–H groups in total. The van der Waals surface area contributed by atoms with Gasteiger partial charge in [0.15, 0.2) is 11.5 Å². The third kappa shape index (κ3) is 5.93. The summed E-state index contributed by atoms with van der Waals surface area (Å²) in [7, 11) is 0. The lowest BCUT2D eigenvalue weighted by molar-refractivity contribution is -0.376. The number of fused-ring (bicyclic) bond motifs is 1. The van der Waals surface area contributed by atoms with Crippen LogP contribution in [0.4, 0.5) is 31.1 Å². The van der Waals surface area contributed by atoms with Gasteiger partial charge in [-0.05, 0) is 60.2 Å². The van der Waals surface area contributed by atoms with Crippen molar-refractivity contribution in [3.05, 3.63) is 89.0 Å². The average molecular weight is 653 g/mol. The highest BCUT2D eigenvalue weighted by Crippen LogP contribution is 2.50. The largest absolute Gasteiger partial charge is 0.493 e. The van der Waals surface area contributed by atoms with Gasteiger partial charge in [-0.15, -0.1) is 0 Å². The number of imide groups is 1. The van der Waals surface area contributed by atoms with E-state index < -0.39 is 41.0 Å². The smallest absolute Gasteiger partial charge is 0.430 e. The van der Waals surface area contributed by atoms with E-state index in [0.717, 1.165) is 11.0 Å². The van der Waals surface area contributed by atoms with Gasteiger partial charge in [-0.25, -0.2) is 4.79 Å². The van der Waals surface area contributed by atoms with Crippen molar-refractivity contribution in [1.82, 2.24) is 10.2 Å². The first-order valence-corrected chi connectivity index (χ1v) is 14.4. The van der Waals surface area contributed by atoms with Crippen LogP contribution in [0.1, 0.15) is 48.4 Å². The molecule has 8 nitrogen and oxygen atoms in total. The Morgan fingerprint density at radius 1 is 0.913 bits per heavy atom. The topological polar surface area (TPSA) is 97.3 Å². The van der Waals surface area contributed by atoms with E-state index in [1.165, 1.54) is 0 Å². The summed E-state index contributed by atoms with van der Waals surface area (Å²) < 4.78 is 97.9. The highest BCUT2D eigenvalue weighted by Gasteiger charge is 2.71. The Hall–Kier alpha value is -4.46. The highest BCUT2D eigenvalue weighted by atomic mass is 19.4. The minimum absolute atomic E-state index is 0.00109. The van der Waals surface area contributed by atoms with Gasteiger partial charge >= 0.3 is 18.4 Å². The molecule has 0 saturated carbocycles. The molecule has 2 aliphatic rings. The molecule has 0 aliphatic carbocycles. The number of nitrogens with one attached hydrogen (secondary N) is 1. The standard InChI is InChI=1S/C32H30F6N2O6/c1-2-29(22-10-13-25-26(18-22)46-19-45-25)27(41)40(28(42)39-29)14-6-7-15-44-24-12-11-23(30(43,31(33,34)35)32(36,37)38)17-21(24)16-20-8-4-3-5-9-20/h3-5,8-13,17-18,43H,2,6-7,14-16,19H2,1H3,(H,39,42). The minimum Gasteiger partial charge on any atom is -0.493 e. The number of halogens is 6. The molecule has 46 heavy (non-hydrogen) atoms. The third-order valence-corrected chi connectivity index (χ3v) is 8.14. The number of amides is 3. The zero-order valence-electron chi connectivity index (χ0n) is 24.5. The first-order valence-electron chi connectivity index (χ1n) is 14.4. The zero-order valence-corrected chi connectivity index (χ0v) is 24.5. The second-order valence-corrected chi connectivity index (χ2v) is 11.0. The third-order valence-electron chi connectivity index (χ3n) is 8.14. The number of hydrogen-bond donors (Lipinski definition) is 2. The van der Waals surface area contributed by atoms with Crippen molar-refractivity contribution in [2.45, 2.75) is 56.1 Å². The van der Waals surface area contributed by atoms with Crippen molar-refractivity contribution >= 4 is 11.9 Å². The molecule has 3 amide bonds. The summed E-state index contributed by atoms with van der Waals surface area (Å²) in [6.07, 6.45) is -11.3. The van der Waals surface area contributed by atoms with Crippen LogP contribution < -0.4 is 19.5 Å². The van der Waals surface area contributed by atoms with Crippen LogP contribution in [-0.4, -0.2) is 54.2 Å². The Kier molecular flexibility index (Phi) is 8.86. The van der Waals surface area contributed by atoms with E-state index >= 15 is 0 Å². The lowest BCUT2D eigenvalue weighted by Gasteiger charge is -2.33. The van der Waals surface area contributed by atoms with Crippen molar-refractivity contribution in [2.75, 3.05) is 19.9 Å². The van der Waals surface area contributed by atoms with Crippen molar-refractivity contribution < 1.29 is 55.2 Å². The molecular weight excluding hydrogens is 622 g/mol. The quantitative estimate of drug-likeness (QED) is 0.143. The number of ether oxygens (including phenoxy) is 3. The molecule has 0 aromatic heterocycles. The number of unbranched alkanes of at least 4 members (excludes halogenated alkanes) is 1. The molecule has 1 saturated heterocycles. The van der Waals surface area contributed by atoms with Gasteiger partial charge in [0.2, 0.25) is 6.79 Å². The molecule has 0 bridgehead atoms. The van der Waals surface area contributed by atoms with Crippen LogP contribution in [0.15, 0.2) is 66.7 Å². The number of aliphatic hydroxyl groups is 1. The van der Waals surface area contributed by atoms with Crippen molar-refractivity contribution in [3.8, 4) is 17.2 Å². The average Bonchev–Trinajstić information content (AvgIpc) is 3.58. The molecule has 0 radical (unpaired) electrons. The van der Waals surface area contributed by atoms with Crippen molar-refractivity contribution in [3.63, 3.8) is 0 Å². The number of alkyl halides is 6. The minimum atomic E-state index is -6.03. The van der Waals surface area contributed by atoms with Gasteiger partial charge < -0.3 is 24.6 Å². The van der Waals surface area contributed by atoms with Crippen LogP contribution >= 0.6 is 0 Å². The van der Waals surface area contributed by atoms with Crippen LogP contribution in [-0.2, 0) is 22.4 Å². The fourth-order valence-corrected chi connectivity index (χ4v) is 5.57. The number of nitrogens with zero attached hydrogens (tertiary/aromatic N) is 1. The summed E-state index contributed by atoms with van der Waals surface area (Å²) >= 11 is 0. The van der Waals surface area contributed by atoms with Gasteiger partial charge in [-0.3, -0.25) is 9.69 Å². The Morgan fingerprint density at radius 2 is 1.61 bits per heavy atom. The Labute approximate surface area is 259 Å². The van der Waals surface area contributed by atoms with E-state index in [4.69, 9.17) is 14.2 Å². The van der Waals surface area contributed by atoms with E-state index in [1.807, 2.05) is 0 Å². The number of rotatable bonds is 11. The van der Waals surface area contributed by atoms with Gasteiger partial charge in [0.05, 0.1) is 6.61 Å². The Balaban J connectivity index is 1.27. The molecule has 1 atom stereocenters. The first kappa shape index (κ1) is 32.9. The fraction of sp³-hybridized carbons (Fsp3) is 0.375. The normalized spacial score (nSPS) is 18.2. The van der Waals surface area contributed by atoms with E-state index in [0.29, 0.717) is 47.6 Å². The summed E-state index contributed by atoms with van der Waals surface area (Å²) in [5.74, 6) is 0.579. The molecule has 14 heteroatoms. The Bertz CT molecular complexity index is 1580. The summed E-state index contributed by atoms with van der Waals surface area (Å²) in [5, 5.41) is 12.7. The fourth-order valence-electron chi connectivity index (χ4n) is 5.57. The Morgan fingerprint density at radius 3 is 2.28 bits per heavy atom. The number of carbonyl (C=O) groups is 2. The number of urea groups is 1. The maximum absolute atomic E-state index is 13.6. The van der Waals surface area contributed by atoms with Crippen LogP contribution in [0.2, 0.25) is 0 Å². The molecule has 246 valence electrons. The van der Waals surface area contributed by atoms with E-state index in [2.05, 4.69) is 5.32 Å². The van der Waals surface area contributed by atoms with Gasteiger partial charge in [0.25, 0.3) is 11.5 Å². The second kappa shape index (κ2) is 12.4. The molecular formula is C32H30F6N2O6. The molecule has 3 aromatic rings. The van der Waals surface area contributed by atoms with Crippen molar-refractivity contribution in [2.24, 2.45) is 0 Å². The number of hydrogen-bond acceptors (Lipinski definition) is 6. The SMILES string of the molecule is CCC1(c2ccc3c(c2)OCO3)NC(=O)N(CCCCOc2ccc(C(O)(C(F)(F)F)C(F)(F)F)cc2Cc2ccccc2)C1=O. The highest BCUT2D eigenvalue weighted by molar-refractivity contribution is 6.07. The van der Waals surface area contributed by atoms with Crippen LogP contribution in [0.3, 0.4) is 0 Å². The van der Waals surface area contributed by atoms with Gasteiger partial charge in [0, 0.05) is 18.5 Å². The maximum atomic E-state index is 13.6. The van der Waals surface area contributed by atoms with E-state index in [9.17, 15) is 41.0 Å². The summed E-state index contributed by atoms with van der Waals surface area (Å²) in [6, 6.07) is 14.9. The summed E-state index contributed by atoms with van der Waals surface area (Å²) in [4.78, 5) is 27.4. The molecule has 0 spiro atoms. The first-order chi connectivity index (χ1) is 21.7. The maximum Gasteiger partial charge on any atom is 0.430 e. The monoisotopic (exact) mass is 652 g/mol. The second-order valence-electron chi connectivity index (χ2n) is 11.0.